The molecular formula is C19H17I2N3O3. The molecular weight excluding hydrogens is 572 g/mol. The monoisotopic (exact) mass is 589 g/mol. The second kappa shape index (κ2) is 8.55. The van der Waals surface area contributed by atoms with Gasteiger partial charge in [0.1, 0.15) is 5.75 Å². The first-order valence-electron chi connectivity index (χ1n) is 8.34. The Morgan fingerprint density at radius 2 is 1.89 bits per heavy atom. The Balaban J connectivity index is 1.99. The molecule has 0 bridgehead atoms. The number of hydrogen-bond acceptors (Lipinski definition) is 4. The maximum atomic E-state index is 12.5. The molecule has 3 rings (SSSR count). The van der Waals surface area contributed by atoms with Crippen molar-refractivity contribution in [2.45, 2.75) is 26.4 Å². The van der Waals surface area contributed by atoms with E-state index in [-0.39, 0.29) is 6.10 Å². The third kappa shape index (κ3) is 4.42. The normalized spacial score (nSPS) is 12.6. The molecule has 8 heteroatoms. The summed E-state index contributed by atoms with van der Waals surface area (Å²) in [6.07, 6.45) is 2.55. The smallest absolute Gasteiger partial charge is 0.349 e. The fourth-order valence-electron chi connectivity index (χ4n) is 2.43. The van der Waals surface area contributed by atoms with E-state index in [1.54, 1.807) is 24.3 Å². The summed E-state index contributed by atoms with van der Waals surface area (Å²) in [5, 5.41) is 4.52. The van der Waals surface area contributed by atoms with Crippen LogP contribution >= 0.6 is 45.2 Å². The minimum Gasteiger partial charge on any atom is -0.489 e. The van der Waals surface area contributed by atoms with Crippen molar-refractivity contribution in [1.82, 2.24) is 9.66 Å². The molecule has 0 aliphatic rings. The Labute approximate surface area is 182 Å². The van der Waals surface area contributed by atoms with Gasteiger partial charge in [-0.3, -0.25) is 4.79 Å². The zero-order chi connectivity index (χ0) is 19.6. The van der Waals surface area contributed by atoms with E-state index in [2.05, 4.69) is 62.2 Å². The zero-order valence-electron chi connectivity index (χ0n) is 14.7. The van der Waals surface area contributed by atoms with Crippen LogP contribution in [-0.2, 0) is 0 Å². The number of aromatic amines is 1. The van der Waals surface area contributed by atoms with Crippen molar-refractivity contribution < 1.29 is 4.74 Å². The molecule has 1 aromatic heterocycles. The summed E-state index contributed by atoms with van der Waals surface area (Å²) >= 11 is 4.43. The van der Waals surface area contributed by atoms with Gasteiger partial charge in [-0.15, -0.1) is 4.68 Å². The fourth-order valence-corrected chi connectivity index (χ4v) is 4.50. The highest BCUT2D eigenvalue weighted by Gasteiger charge is 2.11. The molecule has 140 valence electrons. The molecule has 0 spiro atoms. The van der Waals surface area contributed by atoms with Crippen molar-refractivity contribution in [1.29, 1.82) is 0 Å². The lowest BCUT2D eigenvalue weighted by atomic mass is 10.2. The minimum absolute atomic E-state index is 0.126. The number of benzene rings is 2. The summed E-state index contributed by atoms with van der Waals surface area (Å²) < 4.78 is 8.69. The highest BCUT2D eigenvalue weighted by atomic mass is 127. The van der Waals surface area contributed by atoms with Crippen molar-refractivity contribution in [3.8, 4) is 5.75 Å². The van der Waals surface area contributed by atoms with Crippen molar-refractivity contribution in [2.75, 3.05) is 0 Å². The number of hydrogen-bond donors (Lipinski definition) is 1. The Hall–Kier alpha value is -1.69. The molecule has 27 heavy (non-hydrogen) atoms. The van der Waals surface area contributed by atoms with E-state index < -0.39 is 11.2 Å². The topological polar surface area (TPSA) is 76.5 Å². The van der Waals surface area contributed by atoms with E-state index in [4.69, 9.17) is 4.74 Å². The zero-order valence-corrected chi connectivity index (χ0v) is 19.0. The van der Waals surface area contributed by atoms with Crippen LogP contribution in [-0.4, -0.2) is 22.0 Å². The molecule has 0 fully saturated rings. The third-order valence-electron chi connectivity index (χ3n) is 4.02. The van der Waals surface area contributed by atoms with Gasteiger partial charge in [0.05, 0.1) is 30.4 Å². The molecule has 2 aromatic carbocycles. The van der Waals surface area contributed by atoms with Crippen molar-refractivity contribution in [3.05, 3.63) is 69.9 Å². The number of para-hydroxylation sites is 1. The second-order valence-electron chi connectivity index (χ2n) is 5.99. The summed E-state index contributed by atoms with van der Waals surface area (Å²) in [6.45, 7) is 4.10. The second-order valence-corrected chi connectivity index (χ2v) is 8.31. The molecule has 0 unspecified atom stereocenters. The molecule has 3 aromatic rings. The Kier molecular flexibility index (Phi) is 6.35. The molecule has 1 heterocycles. The lowest BCUT2D eigenvalue weighted by Crippen LogP contribution is -2.32. The van der Waals surface area contributed by atoms with E-state index in [0.29, 0.717) is 10.9 Å². The Bertz CT molecular complexity index is 1110. The maximum Gasteiger partial charge on any atom is 0.349 e. The van der Waals surface area contributed by atoms with Crippen LogP contribution in [0.4, 0.5) is 0 Å². The largest absolute Gasteiger partial charge is 0.489 e. The van der Waals surface area contributed by atoms with Crippen LogP contribution in [0.25, 0.3) is 10.9 Å². The van der Waals surface area contributed by atoms with Gasteiger partial charge >= 0.3 is 5.69 Å². The average molecular weight is 589 g/mol. The maximum absolute atomic E-state index is 12.5. The van der Waals surface area contributed by atoms with Crippen molar-refractivity contribution >= 4 is 62.3 Å². The summed E-state index contributed by atoms with van der Waals surface area (Å²) in [5.41, 5.74) is 0.247. The van der Waals surface area contributed by atoms with Gasteiger partial charge in [0.15, 0.2) is 0 Å². The first-order valence-corrected chi connectivity index (χ1v) is 10.5. The number of nitrogens with one attached hydrogen (secondary N) is 1. The van der Waals surface area contributed by atoms with Gasteiger partial charge in [0, 0.05) is 0 Å². The minimum atomic E-state index is -0.573. The SMILES string of the molecule is CC[C@H](C)Oc1c(I)cc(C=Nn2c(=O)[nH]c3ccccc3c2=O)cc1I. The quantitative estimate of drug-likeness (QED) is 0.362. The number of fused-ring (bicyclic) bond motifs is 1. The summed E-state index contributed by atoms with van der Waals surface area (Å²) in [4.78, 5) is 27.4. The first kappa shape index (κ1) is 20.1. The summed E-state index contributed by atoms with van der Waals surface area (Å²) in [6, 6.07) is 10.7. The van der Waals surface area contributed by atoms with Crippen LogP contribution in [0.2, 0.25) is 0 Å². The standard InChI is InChI=1S/C19H17I2N3O3/c1-3-11(2)27-17-14(20)8-12(9-15(17)21)10-22-24-18(25)13-6-4-5-7-16(13)23-19(24)26/h4-11H,3H2,1-2H3,(H,23,26)/t11-/m0/s1. The fraction of sp³-hybridized carbons (Fsp3) is 0.211. The van der Waals surface area contributed by atoms with Crippen LogP contribution in [0.5, 0.6) is 5.75 Å². The van der Waals surface area contributed by atoms with Gasteiger partial charge in [-0.05, 0) is 88.4 Å². The number of aromatic nitrogens is 2. The van der Waals surface area contributed by atoms with Crippen LogP contribution in [0.1, 0.15) is 25.8 Å². The van der Waals surface area contributed by atoms with Gasteiger partial charge in [0.25, 0.3) is 5.56 Å². The number of rotatable bonds is 5. The average Bonchev–Trinajstić information content (AvgIpc) is 2.64. The predicted molar refractivity (Wildman–Crippen MR) is 124 cm³/mol. The molecule has 0 aliphatic heterocycles. The van der Waals surface area contributed by atoms with Gasteiger partial charge < -0.3 is 9.72 Å². The van der Waals surface area contributed by atoms with E-state index in [9.17, 15) is 9.59 Å². The van der Waals surface area contributed by atoms with Crippen LogP contribution in [0, 0.1) is 7.14 Å². The molecule has 0 aliphatic carbocycles. The van der Waals surface area contributed by atoms with E-state index in [1.165, 1.54) is 6.21 Å². The predicted octanol–water partition coefficient (Wildman–Crippen LogP) is 3.96. The Morgan fingerprint density at radius 3 is 2.56 bits per heavy atom. The van der Waals surface area contributed by atoms with E-state index in [0.717, 1.165) is 29.6 Å². The Morgan fingerprint density at radius 1 is 1.22 bits per heavy atom. The summed E-state index contributed by atoms with van der Waals surface area (Å²) in [7, 11) is 0. The first-order chi connectivity index (χ1) is 12.9. The lowest BCUT2D eigenvalue weighted by molar-refractivity contribution is 0.214. The van der Waals surface area contributed by atoms with Crippen LogP contribution in [0.15, 0.2) is 51.1 Å². The third-order valence-corrected chi connectivity index (χ3v) is 5.62. The lowest BCUT2D eigenvalue weighted by Gasteiger charge is -2.16. The van der Waals surface area contributed by atoms with Gasteiger partial charge in [-0.2, -0.15) is 5.10 Å². The highest BCUT2D eigenvalue weighted by Crippen LogP contribution is 2.29. The molecule has 0 radical (unpaired) electrons. The van der Waals surface area contributed by atoms with Crippen molar-refractivity contribution in [2.24, 2.45) is 5.10 Å². The highest BCUT2D eigenvalue weighted by molar-refractivity contribution is 14.1. The van der Waals surface area contributed by atoms with Gasteiger partial charge in [-0.1, -0.05) is 19.1 Å². The van der Waals surface area contributed by atoms with Crippen LogP contribution < -0.4 is 16.0 Å². The molecule has 0 saturated carbocycles. The molecule has 0 saturated heterocycles. The number of H-pyrrole nitrogens is 1. The van der Waals surface area contributed by atoms with Crippen molar-refractivity contribution in [3.63, 3.8) is 0 Å². The van der Waals surface area contributed by atoms with E-state index in [1.807, 2.05) is 19.1 Å². The van der Waals surface area contributed by atoms with Gasteiger partial charge in [-0.25, -0.2) is 4.79 Å². The molecule has 1 N–H and O–H groups in total. The molecule has 6 nitrogen and oxygen atoms in total. The molecule has 0 amide bonds. The molecule has 1 atom stereocenters. The number of halogens is 2. The van der Waals surface area contributed by atoms with E-state index >= 15 is 0 Å². The van der Waals surface area contributed by atoms with Crippen LogP contribution in [0.3, 0.4) is 0 Å². The van der Waals surface area contributed by atoms with Gasteiger partial charge in [0.2, 0.25) is 0 Å². The number of nitrogens with zero attached hydrogens (tertiary/aromatic N) is 2. The number of ether oxygens (including phenoxy) is 1. The summed E-state index contributed by atoms with van der Waals surface area (Å²) in [5.74, 6) is 0.836.